The van der Waals surface area contributed by atoms with Crippen molar-refractivity contribution in [2.45, 2.75) is 27.7 Å². The van der Waals surface area contributed by atoms with Crippen LogP contribution in [-0.4, -0.2) is 21.3 Å². The average Bonchev–Trinajstić information content (AvgIpc) is 2.37. The van der Waals surface area contributed by atoms with E-state index in [0.717, 1.165) is 5.46 Å². The summed E-state index contributed by atoms with van der Waals surface area (Å²) in [5.41, 5.74) is 1.04. The van der Waals surface area contributed by atoms with E-state index < -0.39 is 0 Å². The molecule has 0 bridgehead atoms. The Balaban J connectivity index is 0. The molecule has 0 radical (unpaired) electrons. The molecule has 0 aromatic heterocycles. The van der Waals surface area contributed by atoms with Crippen LogP contribution in [-0.2, 0) is 9.31 Å². The van der Waals surface area contributed by atoms with E-state index in [2.05, 4.69) is 0 Å². The molecule has 0 aliphatic carbocycles. The smallest absolute Gasteiger partial charge is 0.410 e. The maximum absolute atomic E-state index is 5.06. The highest BCUT2D eigenvalue weighted by Gasteiger charge is 2.15. The molecular weight excluding hydrogens is 187 g/mol. The van der Waals surface area contributed by atoms with Gasteiger partial charge < -0.3 is 9.31 Å². The summed E-state index contributed by atoms with van der Waals surface area (Å²) < 4.78 is 10.1. The van der Waals surface area contributed by atoms with Crippen LogP contribution in [0.2, 0.25) is 0 Å². The van der Waals surface area contributed by atoms with Gasteiger partial charge in [0.2, 0.25) is 0 Å². The Morgan fingerprint density at radius 2 is 1.20 bits per heavy atom. The molecule has 0 aliphatic rings. The maximum Gasteiger partial charge on any atom is 0.493 e. The zero-order valence-corrected chi connectivity index (χ0v) is 10.8. The van der Waals surface area contributed by atoms with Gasteiger partial charge in [0.1, 0.15) is 0 Å². The molecule has 1 aromatic carbocycles. The zero-order chi connectivity index (χ0) is 12.1. The van der Waals surface area contributed by atoms with E-state index in [0.29, 0.717) is 0 Å². The zero-order valence-electron chi connectivity index (χ0n) is 10.8. The third-order valence-electron chi connectivity index (χ3n) is 1.50. The largest absolute Gasteiger partial charge is 0.493 e. The number of hydrogen-bond donors (Lipinski definition) is 0. The summed E-state index contributed by atoms with van der Waals surface area (Å²) in [5.74, 6) is 0. The second-order valence-corrected chi connectivity index (χ2v) is 2.21. The van der Waals surface area contributed by atoms with Crippen molar-refractivity contribution in [3.63, 3.8) is 0 Å². The van der Waals surface area contributed by atoms with Crippen LogP contribution in [0.15, 0.2) is 30.3 Å². The van der Waals surface area contributed by atoms with Crippen LogP contribution in [0, 0.1) is 0 Å². The van der Waals surface area contributed by atoms with Gasteiger partial charge in [0.25, 0.3) is 0 Å². The van der Waals surface area contributed by atoms with Crippen LogP contribution < -0.4 is 5.46 Å². The van der Waals surface area contributed by atoms with Crippen LogP contribution in [0.1, 0.15) is 27.7 Å². The minimum atomic E-state index is -0.240. The molecule has 0 atom stereocenters. The van der Waals surface area contributed by atoms with Gasteiger partial charge in [-0.1, -0.05) is 58.0 Å². The van der Waals surface area contributed by atoms with Crippen molar-refractivity contribution in [3.8, 4) is 0 Å². The Morgan fingerprint density at radius 3 is 1.53 bits per heavy atom. The average molecular weight is 210 g/mol. The maximum atomic E-state index is 5.06. The number of rotatable bonds is 3. The van der Waals surface area contributed by atoms with Crippen LogP contribution in [0.4, 0.5) is 0 Å². The lowest BCUT2D eigenvalue weighted by Crippen LogP contribution is -2.34. The fourth-order valence-corrected chi connectivity index (χ4v) is 0.979. The van der Waals surface area contributed by atoms with Crippen LogP contribution in [0.25, 0.3) is 0 Å². The predicted octanol–water partition coefficient (Wildman–Crippen LogP) is 2.73. The molecule has 15 heavy (non-hydrogen) atoms. The van der Waals surface area contributed by atoms with Gasteiger partial charge in [0.05, 0.1) is 0 Å². The first-order valence-corrected chi connectivity index (χ1v) is 5.49. The second kappa shape index (κ2) is 13.2. The predicted molar refractivity (Wildman–Crippen MR) is 68.5 cm³/mol. The Labute approximate surface area is 94.8 Å². The van der Waals surface area contributed by atoms with Crippen LogP contribution in [0.3, 0.4) is 0 Å². The molecule has 0 aliphatic heterocycles. The Hall–Kier alpha value is -0.795. The lowest BCUT2D eigenvalue weighted by Gasteiger charge is -2.07. The van der Waals surface area contributed by atoms with Gasteiger partial charge in [-0.05, 0) is 5.46 Å². The summed E-state index contributed by atoms with van der Waals surface area (Å²) in [7, 11) is 3.01. The molecule has 0 unspecified atom stereocenters. The summed E-state index contributed by atoms with van der Waals surface area (Å²) >= 11 is 0. The minimum Gasteiger partial charge on any atom is -0.410 e. The molecule has 1 aromatic rings. The molecule has 86 valence electrons. The molecule has 0 saturated heterocycles. The van der Waals surface area contributed by atoms with Crippen molar-refractivity contribution >= 4 is 12.6 Å². The lowest BCUT2D eigenvalue weighted by molar-refractivity contribution is 0.292. The van der Waals surface area contributed by atoms with Gasteiger partial charge in [-0.25, -0.2) is 0 Å². The van der Waals surface area contributed by atoms with E-state index in [4.69, 9.17) is 9.31 Å². The molecule has 0 amide bonds. The number of benzene rings is 1. The van der Waals surface area contributed by atoms with Crippen molar-refractivity contribution < 1.29 is 9.31 Å². The Bertz CT molecular complexity index is 198. The van der Waals surface area contributed by atoms with Crippen molar-refractivity contribution in [1.82, 2.24) is 0 Å². The monoisotopic (exact) mass is 210 g/mol. The topological polar surface area (TPSA) is 18.5 Å². The van der Waals surface area contributed by atoms with Gasteiger partial charge in [-0.3, -0.25) is 0 Å². The van der Waals surface area contributed by atoms with Crippen LogP contribution in [0.5, 0.6) is 0 Å². The molecular formula is C12H23BO2. The Morgan fingerprint density at radius 1 is 0.800 bits per heavy atom. The fraction of sp³-hybridized carbons (Fsp3) is 0.500. The highest BCUT2D eigenvalue weighted by Crippen LogP contribution is 1.89. The standard InChI is InChI=1S/C8H11BO2.2C2H6/c1-10-9(11-2)8-6-4-3-5-7-8;2*1-2/h3-7H,1-2H3;2*1-2H3. The summed E-state index contributed by atoms with van der Waals surface area (Å²) in [6.07, 6.45) is 0. The van der Waals surface area contributed by atoms with Crippen molar-refractivity contribution in [2.24, 2.45) is 0 Å². The van der Waals surface area contributed by atoms with Crippen molar-refractivity contribution in [3.05, 3.63) is 30.3 Å². The lowest BCUT2D eigenvalue weighted by atomic mass is 9.79. The van der Waals surface area contributed by atoms with Crippen LogP contribution >= 0.6 is 0 Å². The molecule has 0 spiro atoms. The first kappa shape index (κ1) is 16.6. The van der Waals surface area contributed by atoms with E-state index in [-0.39, 0.29) is 7.12 Å². The van der Waals surface area contributed by atoms with E-state index >= 15 is 0 Å². The first-order chi connectivity index (χ1) is 7.38. The summed E-state index contributed by atoms with van der Waals surface area (Å²) in [4.78, 5) is 0. The molecule has 0 fully saturated rings. The summed E-state index contributed by atoms with van der Waals surface area (Å²) in [6.45, 7) is 8.00. The van der Waals surface area contributed by atoms with E-state index in [1.54, 1.807) is 14.2 Å². The van der Waals surface area contributed by atoms with Gasteiger partial charge in [0.15, 0.2) is 0 Å². The second-order valence-electron chi connectivity index (χ2n) is 2.21. The van der Waals surface area contributed by atoms with E-state index in [9.17, 15) is 0 Å². The third-order valence-corrected chi connectivity index (χ3v) is 1.50. The van der Waals surface area contributed by atoms with E-state index in [1.165, 1.54) is 0 Å². The normalized spacial score (nSPS) is 7.87. The highest BCUT2D eigenvalue weighted by atomic mass is 16.6. The minimum absolute atomic E-state index is 0.240. The fourth-order valence-electron chi connectivity index (χ4n) is 0.979. The Kier molecular flexibility index (Phi) is 14.6. The van der Waals surface area contributed by atoms with Gasteiger partial charge in [-0.15, -0.1) is 0 Å². The van der Waals surface area contributed by atoms with E-state index in [1.807, 2.05) is 58.0 Å². The molecule has 3 heteroatoms. The first-order valence-electron chi connectivity index (χ1n) is 5.49. The molecule has 0 heterocycles. The molecule has 2 nitrogen and oxygen atoms in total. The molecule has 0 saturated carbocycles. The van der Waals surface area contributed by atoms with Crippen molar-refractivity contribution in [1.29, 1.82) is 0 Å². The van der Waals surface area contributed by atoms with Gasteiger partial charge >= 0.3 is 7.12 Å². The molecule has 1 rings (SSSR count). The quantitative estimate of drug-likeness (QED) is 0.714. The van der Waals surface area contributed by atoms with Gasteiger partial charge in [-0.2, -0.15) is 0 Å². The number of hydrogen-bond acceptors (Lipinski definition) is 2. The highest BCUT2D eigenvalue weighted by molar-refractivity contribution is 6.61. The summed E-state index contributed by atoms with van der Waals surface area (Å²) in [6, 6.07) is 9.82. The summed E-state index contributed by atoms with van der Waals surface area (Å²) in [5, 5.41) is 0. The third kappa shape index (κ3) is 7.17. The SMILES string of the molecule is CC.CC.COB(OC)c1ccccc1. The molecule has 0 N–H and O–H groups in total. The van der Waals surface area contributed by atoms with Gasteiger partial charge in [0, 0.05) is 14.2 Å². The van der Waals surface area contributed by atoms with Crippen molar-refractivity contribution in [2.75, 3.05) is 14.2 Å².